The number of allylic oxidation sites excluding steroid dienone is 1. The molecule has 3 heteroatoms. The first kappa shape index (κ1) is 16.7. The minimum Gasteiger partial charge on any atom is -0.383 e. The number of hydrogen-bond acceptors (Lipinski definition) is 3. The summed E-state index contributed by atoms with van der Waals surface area (Å²) in [6, 6.07) is 0.457. The molecule has 0 N–H and O–H groups in total. The van der Waals surface area contributed by atoms with E-state index in [1.807, 2.05) is 6.08 Å². The van der Waals surface area contributed by atoms with Gasteiger partial charge in [-0.15, -0.1) is 0 Å². The molecular weight excluding hydrogens is 262 g/mol. The summed E-state index contributed by atoms with van der Waals surface area (Å²) in [6.45, 7) is 10.8. The van der Waals surface area contributed by atoms with Gasteiger partial charge in [-0.3, -0.25) is 9.69 Å². The van der Waals surface area contributed by atoms with Crippen molar-refractivity contribution in [2.45, 2.75) is 71.4 Å². The van der Waals surface area contributed by atoms with E-state index in [0.717, 1.165) is 26.0 Å². The van der Waals surface area contributed by atoms with Crippen molar-refractivity contribution in [3.05, 3.63) is 11.6 Å². The molecule has 1 aliphatic carbocycles. The van der Waals surface area contributed by atoms with E-state index in [4.69, 9.17) is 4.74 Å². The quantitative estimate of drug-likeness (QED) is 0.776. The van der Waals surface area contributed by atoms with Crippen LogP contribution < -0.4 is 0 Å². The van der Waals surface area contributed by atoms with Gasteiger partial charge in [0.15, 0.2) is 5.78 Å². The highest BCUT2D eigenvalue weighted by molar-refractivity contribution is 5.95. The van der Waals surface area contributed by atoms with E-state index in [1.165, 1.54) is 18.4 Å². The largest absolute Gasteiger partial charge is 0.383 e. The van der Waals surface area contributed by atoms with Crippen LogP contribution in [0.25, 0.3) is 0 Å². The fourth-order valence-electron chi connectivity index (χ4n) is 4.45. The molecule has 0 spiro atoms. The summed E-state index contributed by atoms with van der Waals surface area (Å²) < 4.78 is 5.44. The van der Waals surface area contributed by atoms with Gasteiger partial charge in [0.2, 0.25) is 0 Å². The number of carbonyl (C=O) groups is 1. The molecule has 2 aliphatic rings. The Morgan fingerprint density at radius 3 is 2.71 bits per heavy atom. The summed E-state index contributed by atoms with van der Waals surface area (Å²) in [5, 5.41) is 0. The molecule has 0 aromatic rings. The van der Waals surface area contributed by atoms with Crippen molar-refractivity contribution in [2.24, 2.45) is 5.41 Å². The van der Waals surface area contributed by atoms with Gasteiger partial charge in [0.25, 0.3) is 0 Å². The van der Waals surface area contributed by atoms with E-state index < -0.39 is 0 Å². The molecule has 0 aromatic carbocycles. The number of hydrogen-bond donors (Lipinski definition) is 0. The van der Waals surface area contributed by atoms with Crippen LogP contribution in [0.15, 0.2) is 11.6 Å². The Bertz CT molecular complexity index is 421. The Hall–Kier alpha value is -0.670. The van der Waals surface area contributed by atoms with Gasteiger partial charge in [-0.25, -0.2) is 0 Å². The maximum atomic E-state index is 12.3. The highest BCUT2D eigenvalue weighted by Gasteiger charge is 2.51. The van der Waals surface area contributed by atoms with E-state index in [-0.39, 0.29) is 11.0 Å². The van der Waals surface area contributed by atoms with Gasteiger partial charge in [0.05, 0.1) is 12.1 Å². The summed E-state index contributed by atoms with van der Waals surface area (Å²) in [6.07, 6.45) is 7.18. The smallest absolute Gasteiger partial charge is 0.157 e. The van der Waals surface area contributed by atoms with Gasteiger partial charge < -0.3 is 4.74 Å². The van der Waals surface area contributed by atoms with Gasteiger partial charge in [-0.2, -0.15) is 0 Å². The van der Waals surface area contributed by atoms with Gasteiger partial charge in [-0.05, 0) is 42.9 Å². The molecule has 1 unspecified atom stereocenters. The molecule has 0 radical (unpaired) electrons. The van der Waals surface area contributed by atoms with Crippen LogP contribution in [0.4, 0.5) is 0 Å². The lowest BCUT2D eigenvalue weighted by Crippen LogP contribution is -2.54. The Labute approximate surface area is 129 Å². The maximum absolute atomic E-state index is 12.3. The van der Waals surface area contributed by atoms with Crippen LogP contribution in [-0.4, -0.2) is 42.5 Å². The van der Waals surface area contributed by atoms with Crippen molar-refractivity contribution < 1.29 is 9.53 Å². The van der Waals surface area contributed by atoms with E-state index >= 15 is 0 Å². The molecule has 21 heavy (non-hydrogen) atoms. The van der Waals surface area contributed by atoms with Crippen molar-refractivity contribution in [1.29, 1.82) is 0 Å². The first-order chi connectivity index (χ1) is 9.85. The van der Waals surface area contributed by atoms with Crippen LogP contribution in [0.3, 0.4) is 0 Å². The number of methoxy groups -OCH3 is 1. The highest BCUT2D eigenvalue weighted by Crippen LogP contribution is 2.49. The lowest BCUT2D eigenvalue weighted by Gasteiger charge is -2.47. The topological polar surface area (TPSA) is 29.5 Å². The van der Waals surface area contributed by atoms with Crippen molar-refractivity contribution in [3.63, 3.8) is 0 Å². The van der Waals surface area contributed by atoms with Gasteiger partial charge >= 0.3 is 0 Å². The zero-order valence-electron chi connectivity index (χ0n) is 14.4. The Morgan fingerprint density at radius 2 is 2.14 bits per heavy atom. The first-order valence-corrected chi connectivity index (χ1v) is 8.36. The van der Waals surface area contributed by atoms with Crippen molar-refractivity contribution in [2.75, 3.05) is 20.3 Å². The number of ketones is 1. The molecule has 120 valence electrons. The van der Waals surface area contributed by atoms with E-state index in [0.29, 0.717) is 18.2 Å². The molecule has 1 fully saturated rings. The molecule has 1 aliphatic heterocycles. The molecule has 0 amide bonds. The molecule has 0 bridgehead atoms. The monoisotopic (exact) mass is 293 g/mol. The maximum Gasteiger partial charge on any atom is 0.157 e. The molecule has 3 nitrogen and oxygen atoms in total. The Kier molecular flexibility index (Phi) is 4.94. The fraction of sp³-hybridized carbons (Fsp3) is 0.833. The van der Waals surface area contributed by atoms with E-state index in [9.17, 15) is 4.79 Å². The zero-order valence-corrected chi connectivity index (χ0v) is 14.4. The van der Waals surface area contributed by atoms with Crippen molar-refractivity contribution in [1.82, 2.24) is 4.90 Å². The second kappa shape index (κ2) is 6.21. The van der Waals surface area contributed by atoms with Crippen molar-refractivity contribution in [3.8, 4) is 0 Å². The van der Waals surface area contributed by atoms with Gasteiger partial charge in [0.1, 0.15) is 0 Å². The average Bonchev–Trinajstić information content (AvgIpc) is 2.95. The third-order valence-electron chi connectivity index (χ3n) is 5.03. The fourth-order valence-corrected chi connectivity index (χ4v) is 4.45. The second-order valence-electron chi connectivity index (χ2n) is 7.68. The Balaban J connectivity index is 2.40. The predicted octanol–water partition coefficient (Wildman–Crippen LogP) is 3.58. The second-order valence-corrected chi connectivity index (χ2v) is 7.68. The molecular formula is C18H31NO2. The molecule has 1 heterocycles. The van der Waals surface area contributed by atoms with Gasteiger partial charge in [-0.1, -0.05) is 34.1 Å². The van der Waals surface area contributed by atoms with Crippen LogP contribution in [0.1, 0.15) is 59.8 Å². The summed E-state index contributed by atoms with van der Waals surface area (Å²) in [5.74, 6) is 0.302. The third kappa shape index (κ3) is 3.09. The number of ether oxygens (including phenoxy) is 1. The minimum atomic E-state index is -0.0657. The van der Waals surface area contributed by atoms with E-state index in [2.05, 4.69) is 32.6 Å². The summed E-state index contributed by atoms with van der Waals surface area (Å²) in [4.78, 5) is 14.9. The van der Waals surface area contributed by atoms with Gasteiger partial charge in [0, 0.05) is 19.6 Å². The highest BCUT2D eigenvalue weighted by atomic mass is 16.5. The third-order valence-corrected chi connectivity index (χ3v) is 5.03. The lowest BCUT2D eigenvalue weighted by atomic mass is 9.72. The molecule has 1 saturated heterocycles. The lowest BCUT2D eigenvalue weighted by molar-refractivity contribution is -0.116. The zero-order chi connectivity index (χ0) is 15.7. The molecule has 2 atom stereocenters. The molecule has 0 aromatic heterocycles. The summed E-state index contributed by atoms with van der Waals surface area (Å²) in [7, 11) is 1.78. The van der Waals surface area contributed by atoms with Crippen LogP contribution in [0, 0.1) is 5.41 Å². The number of likely N-dealkylation sites (tertiary alicyclic amines) is 1. The number of carbonyl (C=O) groups excluding carboxylic acids is 1. The number of rotatable bonds is 5. The van der Waals surface area contributed by atoms with Crippen LogP contribution in [0.2, 0.25) is 0 Å². The summed E-state index contributed by atoms with van der Waals surface area (Å²) in [5.41, 5.74) is 1.32. The normalized spacial score (nSPS) is 31.0. The van der Waals surface area contributed by atoms with Crippen LogP contribution in [-0.2, 0) is 9.53 Å². The van der Waals surface area contributed by atoms with Crippen LogP contribution >= 0.6 is 0 Å². The summed E-state index contributed by atoms with van der Waals surface area (Å²) >= 11 is 0. The molecule has 2 rings (SSSR count). The Morgan fingerprint density at radius 1 is 1.43 bits per heavy atom. The standard InChI is InChI=1S/C18H31NO2/c1-6-9-18(19-10-7-8-14(19)13-21-5)12-15(20)11-16(18)17(2,3)4/h11,14H,6-10,12-13H2,1-5H3/t14-,18?/m0/s1. The van der Waals surface area contributed by atoms with E-state index in [1.54, 1.807) is 7.11 Å². The molecule has 0 saturated carbocycles. The van der Waals surface area contributed by atoms with Crippen LogP contribution in [0.5, 0.6) is 0 Å². The number of nitrogens with zero attached hydrogens (tertiary/aromatic N) is 1. The minimum absolute atomic E-state index is 0.0432. The first-order valence-electron chi connectivity index (χ1n) is 8.36. The SMILES string of the molecule is CCCC1(N2CCC[C@H]2COC)CC(=O)C=C1C(C)(C)C. The average molecular weight is 293 g/mol. The van der Waals surface area contributed by atoms with Crippen molar-refractivity contribution >= 4 is 5.78 Å². The predicted molar refractivity (Wildman–Crippen MR) is 86.4 cm³/mol.